The van der Waals surface area contributed by atoms with Crippen LogP contribution in [0.2, 0.25) is 0 Å². The van der Waals surface area contributed by atoms with Crippen molar-refractivity contribution in [3.8, 4) is 0 Å². The van der Waals surface area contributed by atoms with Crippen molar-refractivity contribution in [3.63, 3.8) is 0 Å². The number of amides is 2. The van der Waals surface area contributed by atoms with Gasteiger partial charge in [-0.3, -0.25) is 19.7 Å². The average molecular weight is 403 g/mol. The fourth-order valence-corrected chi connectivity index (χ4v) is 4.00. The minimum atomic E-state index is -0.496. The molecule has 1 heterocycles. The first kappa shape index (κ1) is 20.9. The molecule has 1 saturated carbocycles. The van der Waals surface area contributed by atoms with Crippen molar-refractivity contribution in [2.75, 3.05) is 43.9 Å². The zero-order valence-electron chi connectivity index (χ0n) is 17.2. The van der Waals surface area contributed by atoms with E-state index in [2.05, 4.69) is 17.6 Å². The van der Waals surface area contributed by atoms with Crippen LogP contribution in [0, 0.1) is 16.0 Å². The topological polar surface area (TPSA) is 108 Å². The average Bonchev–Trinajstić information content (AvgIpc) is 2.70. The van der Waals surface area contributed by atoms with Crippen molar-refractivity contribution in [1.29, 1.82) is 0 Å². The van der Waals surface area contributed by atoms with Crippen LogP contribution < -0.4 is 15.5 Å². The molecular weight excluding hydrogens is 374 g/mol. The maximum Gasteiger partial charge on any atom is 0.293 e. The molecule has 1 aromatic rings. The van der Waals surface area contributed by atoms with Gasteiger partial charge in [0.05, 0.1) is 22.7 Å². The molecule has 1 aliphatic heterocycles. The highest BCUT2D eigenvalue weighted by Crippen LogP contribution is 2.34. The molecule has 0 atom stereocenters. The first-order chi connectivity index (χ1) is 13.8. The SMILES string of the molecule is CNc1cc(N2CCN(C)C(=O)C2)c(C(=O)NC2CCC(C)CC2)cc1[N+](=O)[O-]. The van der Waals surface area contributed by atoms with Gasteiger partial charge in [-0.05, 0) is 37.7 Å². The standard InChI is InChI=1S/C20H29N5O4/c1-13-4-6-14(7-5-13)22-20(27)15-10-18(25(28)29)16(21-2)11-17(15)24-9-8-23(3)19(26)12-24/h10-11,13-14,21H,4-9,12H2,1-3H3,(H,22,27). The molecule has 9 heteroatoms. The van der Waals surface area contributed by atoms with Gasteiger partial charge in [0.15, 0.2) is 0 Å². The highest BCUT2D eigenvalue weighted by atomic mass is 16.6. The molecule has 3 rings (SSSR count). The van der Waals surface area contributed by atoms with Crippen LogP contribution >= 0.6 is 0 Å². The van der Waals surface area contributed by atoms with Crippen molar-refractivity contribution in [3.05, 3.63) is 27.8 Å². The summed E-state index contributed by atoms with van der Waals surface area (Å²) >= 11 is 0. The Kier molecular flexibility index (Phi) is 6.24. The second-order valence-electron chi connectivity index (χ2n) is 8.06. The molecule has 0 bridgehead atoms. The zero-order valence-corrected chi connectivity index (χ0v) is 17.2. The summed E-state index contributed by atoms with van der Waals surface area (Å²) in [6, 6.07) is 3.00. The van der Waals surface area contributed by atoms with E-state index in [4.69, 9.17) is 0 Å². The summed E-state index contributed by atoms with van der Waals surface area (Å²) in [6.07, 6.45) is 3.94. The minimum absolute atomic E-state index is 0.0479. The highest BCUT2D eigenvalue weighted by molar-refractivity contribution is 6.02. The third-order valence-electron chi connectivity index (χ3n) is 5.97. The maximum absolute atomic E-state index is 13.1. The van der Waals surface area contributed by atoms with Crippen LogP contribution in [0.1, 0.15) is 43.0 Å². The van der Waals surface area contributed by atoms with Crippen LogP contribution in [-0.4, -0.2) is 61.4 Å². The highest BCUT2D eigenvalue weighted by Gasteiger charge is 2.29. The molecule has 1 aromatic carbocycles. The van der Waals surface area contributed by atoms with Crippen LogP contribution in [0.15, 0.2) is 12.1 Å². The molecule has 0 aromatic heterocycles. The molecule has 1 aliphatic carbocycles. The Hall–Kier alpha value is -2.84. The quantitative estimate of drug-likeness (QED) is 0.577. The van der Waals surface area contributed by atoms with E-state index in [1.807, 2.05) is 4.90 Å². The van der Waals surface area contributed by atoms with Gasteiger partial charge in [0.25, 0.3) is 11.6 Å². The molecule has 29 heavy (non-hydrogen) atoms. The van der Waals surface area contributed by atoms with Crippen molar-refractivity contribution >= 4 is 28.9 Å². The summed E-state index contributed by atoms with van der Waals surface area (Å²) in [5.74, 6) is 0.288. The van der Waals surface area contributed by atoms with Crippen molar-refractivity contribution < 1.29 is 14.5 Å². The smallest absolute Gasteiger partial charge is 0.293 e. The lowest BCUT2D eigenvalue weighted by atomic mass is 9.87. The van der Waals surface area contributed by atoms with Gasteiger partial charge in [0.1, 0.15) is 5.69 Å². The fraction of sp³-hybridized carbons (Fsp3) is 0.600. The molecule has 0 radical (unpaired) electrons. The number of hydrogen-bond donors (Lipinski definition) is 2. The Balaban J connectivity index is 1.94. The predicted octanol–water partition coefficient (Wildman–Crippen LogP) is 2.22. The van der Waals surface area contributed by atoms with E-state index in [-0.39, 0.29) is 35.7 Å². The van der Waals surface area contributed by atoms with E-state index in [0.29, 0.717) is 30.4 Å². The van der Waals surface area contributed by atoms with Gasteiger partial charge in [-0.15, -0.1) is 0 Å². The largest absolute Gasteiger partial charge is 0.383 e. The van der Waals surface area contributed by atoms with E-state index in [9.17, 15) is 19.7 Å². The van der Waals surface area contributed by atoms with Crippen LogP contribution in [0.25, 0.3) is 0 Å². The van der Waals surface area contributed by atoms with Crippen molar-refractivity contribution in [1.82, 2.24) is 10.2 Å². The number of carbonyl (C=O) groups excluding carboxylic acids is 2. The lowest BCUT2D eigenvalue weighted by molar-refractivity contribution is -0.383. The summed E-state index contributed by atoms with van der Waals surface area (Å²) in [4.78, 5) is 39.8. The van der Waals surface area contributed by atoms with Crippen LogP contribution in [-0.2, 0) is 4.79 Å². The Bertz CT molecular complexity index is 804. The van der Waals surface area contributed by atoms with Gasteiger partial charge < -0.3 is 20.4 Å². The number of nitro groups is 1. The van der Waals surface area contributed by atoms with Gasteiger partial charge in [-0.2, -0.15) is 0 Å². The lowest BCUT2D eigenvalue weighted by Crippen LogP contribution is -2.49. The summed E-state index contributed by atoms with van der Waals surface area (Å²) in [5, 5.41) is 17.4. The molecule has 0 spiro atoms. The Morgan fingerprint density at radius 1 is 1.21 bits per heavy atom. The predicted molar refractivity (Wildman–Crippen MR) is 111 cm³/mol. The van der Waals surface area contributed by atoms with E-state index >= 15 is 0 Å². The second-order valence-corrected chi connectivity index (χ2v) is 8.06. The number of nitrogens with zero attached hydrogens (tertiary/aromatic N) is 3. The van der Waals surface area contributed by atoms with E-state index < -0.39 is 4.92 Å². The first-order valence-electron chi connectivity index (χ1n) is 10.1. The Morgan fingerprint density at radius 3 is 2.48 bits per heavy atom. The van der Waals surface area contributed by atoms with Crippen molar-refractivity contribution in [2.45, 2.75) is 38.6 Å². The number of hydrogen-bond acceptors (Lipinski definition) is 6. The number of nitrogens with one attached hydrogen (secondary N) is 2. The summed E-state index contributed by atoms with van der Waals surface area (Å²) in [6.45, 7) is 3.44. The molecule has 2 fully saturated rings. The van der Waals surface area contributed by atoms with Gasteiger partial charge in [-0.25, -0.2) is 0 Å². The van der Waals surface area contributed by atoms with Crippen LogP contribution in [0.3, 0.4) is 0 Å². The lowest BCUT2D eigenvalue weighted by Gasteiger charge is -2.35. The number of anilines is 2. The number of carbonyl (C=O) groups is 2. The summed E-state index contributed by atoms with van der Waals surface area (Å²) in [5.41, 5.74) is 0.952. The summed E-state index contributed by atoms with van der Waals surface area (Å²) in [7, 11) is 3.34. The molecule has 1 saturated heterocycles. The van der Waals surface area contributed by atoms with Gasteiger partial charge >= 0.3 is 0 Å². The third kappa shape index (κ3) is 4.60. The third-order valence-corrected chi connectivity index (χ3v) is 5.97. The second kappa shape index (κ2) is 8.67. The zero-order chi connectivity index (χ0) is 21.1. The number of benzene rings is 1. The molecule has 2 amide bonds. The number of nitro benzene ring substituents is 1. The van der Waals surface area contributed by atoms with Gasteiger partial charge in [0.2, 0.25) is 5.91 Å². The van der Waals surface area contributed by atoms with E-state index in [1.165, 1.54) is 6.07 Å². The summed E-state index contributed by atoms with van der Waals surface area (Å²) < 4.78 is 0. The fourth-order valence-electron chi connectivity index (χ4n) is 4.00. The molecule has 2 N–H and O–H groups in total. The molecular formula is C20H29N5O4. The van der Waals surface area contributed by atoms with E-state index in [0.717, 1.165) is 25.7 Å². The van der Waals surface area contributed by atoms with Gasteiger partial charge in [-0.1, -0.05) is 6.92 Å². The maximum atomic E-state index is 13.1. The number of likely N-dealkylation sites (N-methyl/N-ethyl adjacent to an activating group) is 1. The van der Waals surface area contributed by atoms with Gasteiger partial charge in [0, 0.05) is 39.3 Å². The molecule has 158 valence electrons. The van der Waals surface area contributed by atoms with Crippen LogP contribution in [0.5, 0.6) is 0 Å². The molecule has 2 aliphatic rings. The Labute approximate surface area is 170 Å². The normalized spacial score (nSPS) is 22.4. The molecule has 0 unspecified atom stereocenters. The number of rotatable bonds is 5. The monoisotopic (exact) mass is 403 g/mol. The Morgan fingerprint density at radius 2 is 1.90 bits per heavy atom. The van der Waals surface area contributed by atoms with Crippen molar-refractivity contribution in [2.24, 2.45) is 5.92 Å². The van der Waals surface area contributed by atoms with Crippen LogP contribution in [0.4, 0.5) is 17.1 Å². The number of piperazine rings is 1. The first-order valence-corrected chi connectivity index (χ1v) is 10.1. The van der Waals surface area contributed by atoms with E-state index in [1.54, 1.807) is 25.1 Å². The molecule has 9 nitrogen and oxygen atoms in total. The minimum Gasteiger partial charge on any atom is -0.383 e.